The van der Waals surface area contributed by atoms with Crippen LogP contribution in [0.5, 0.6) is 0 Å². The molecule has 7 heteroatoms. The van der Waals surface area contributed by atoms with E-state index in [1.807, 2.05) is 7.05 Å². The van der Waals surface area contributed by atoms with Crippen molar-refractivity contribution in [2.75, 3.05) is 51.3 Å². The minimum absolute atomic E-state index is 0. The highest BCUT2D eigenvalue weighted by Crippen LogP contribution is 2.18. The molecule has 0 unspecified atom stereocenters. The average Bonchev–Trinajstić information content (AvgIpc) is 2.85. The summed E-state index contributed by atoms with van der Waals surface area (Å²) < 4.78 is 11.4. The normalized spacial score (nSPS) is 17.6. The van der Waals surface area contributed by atoms with Gasteiger partial charge in [-0.05, 0) is 48.6 Å². The lowest BCUT2D eigenvalue weighted by Gasteiger charge is -2.37. The summed E-state index contributed by atoms with van der Waals surface area (Å²) in [6.07, 6.45) is 2.33. The number of hydrogen-bond acceptors (Lipinski definition) is 4. The Bertz CT molecular complexity index is 876. The number of piperazine rings is 1. The standard InChI is InChI=1S/C26H36N4O2.HI/c1-21-4-3-5-24(18-21)29-12-14-30(15-13-29)26(27-2)28-19-22-6-8-23(9-7-22)20-32-25-10-16-31-17-11-25;/h3-9,18,25H,10-17,19-20H2,1-2H3,(H,27,28);1H. The number of rotatable bonds is 6. The Balaban J connectivity index is 0.00000306. The van der Waals surface area contributed by atoms with Crippen molar-refractivity contribution in [1.82, 2.24) is 10.2 Å². The summed E-state index contributed by atoms with van der Waals surface area (Å²) in [6, 6.07) is 17.4. The first-order chi connectivity index (χ1) is 15.7. The van der Waals surface area contributed by atoms with Crippen LogP contribution in [0, 0.1) is 6.92 Å². The maximum absolute atomic E-state index is 6.03. The molecule has 2 saturated heterocycles. The Hall–Kier alpha value is -1.84. The van der Waals surface area contributed by atoms with Gasteiger partial charge in [-0.25, -0.2) is 0 Å². The van der Waals surface area contributed by atoms with Gasteiger partial charge in [-0.2, -0.15) is 0 Å². The van der Waals surface area contributed by atoms with E-state index in [2.05, 4.69) is 75.6 Å². The average molecular weight is 565 g/mol. The number of guanidine groups is 1. The van der Waals surface area contributed by atoms with Gasteiger partial charge in [0.25, 0.3) is 0 Å². The zero-order valence-electron chi connectivity index (χ0n) is 19.8. The highest BCUT2D eigenvalue weighted by atomic mass is 127. The van der Waals surface area contributed by atoms with Gasteiger partial charge in [-0.3, -0.25) is 4.99 Å². The molecule has 0 amide bonds. The number of benzene rings is 2. The SMILES string of the molecule is CN=C(NCc1ccc(COC2CCOCC2)cc1)N1CCN(c2cccc(C)c2)CC1.I. The molecule has 180 valence electrons. The second-order valence-corrected chi connectivity index (χ2v) is 8.65. The summed E-state index contributed by atoms with van der Waals surface area (Å²) in [5.41, 5.74) is 5.09. The van der Waals surface area contributed by atoms with Crippen molar-refractivity contribution < 1.29 is 9.47 Å². The summed E-state index contributed by atoms with van der Waals surface area (Å²) in [7, 11) is 1.87. The number of hydrogen-bond donors (Lipinski definition) is 1. The first kappa shape index (κ1) is 25.8. The molecular formula is C26H37IN4O2. The van der Waals surface area contributed by atoms with E-state index in [4.69, 9.17) is 9.47 Å². The molecule has 6 nitrogen and oxygen atoms in total. The van der Waals surface area contributed by atoms with Crippen molar-refractivity contribution >= 4 is 35.6 Å². The molecule has 2 heterocycles. The maximum Gasteiger partial charge on any atom is 0.194 e. The van der Waals surface area contributed by atoms with Crippen molar-refractivity contribution in [1.29, 1.82) is 0 Å². The highest BCUT2D eigenvalue weighted by molar-refractivity contribution is 14.0. The van der Waals surface area contributed by atoms with Gasteiger partial charge < -0.3 is 24.6 Å². The van der Waals surface area contributed by atoms with Gasteiger partial charge >= 0.3 is 0 Å². The molecular weight excluding hydrogens is 527 g/mol. The van der Waals surface area contributed by atoms with Crippen molar-refractivity contribution in [3.8, 4) is 0 Å². The molecule has 0 saturated carbocycles. The van der Waals surface area contributed by atoms with Crippen LogP contribution >= 0.6 is 24.0 Å². The van der Waals surface area contributed by atoms with Crippen LogP contribution in [-0.4, -0.2) is 63.4 Å². The lowest BCUT2D eigenvalue weighted by Crippen LogP contribution is -2.52. The molecule has 0 radical (unpaired) electrons. The van der Waals surface area contributed by atoms with Crippen LogP contribution in [0.3, 0.4) is 0 Å². The summed E-state index contributed by atoms with van der Waals surface area (Å²) in [4.78, 5) is 9.33. The molecule has 4 rings (SSSR count). The van der Waals surface area contributed by atoms with Crippen molar-refractivity contribution in [3.05, 3.63) is 65.2 Å². The summed E-state index contributed by atoms with van der Waals surface area (Å²) in [6.45, 7) is 9.17. The van der Waals surface area contributed by atoms with Gasteiger partial charge in [0, 0.05) is 58.7 Å². The van der Waals surface area contributed by atoms with E-state index < -0.39 is 0 Å². The topological polar surface area (TPSA) is 49.3 Å². The van der Waals surface area contributed by atoms with Crippen LogP contribution in [0.1, 0.15) is 29.5 Å². The third-order valence-corrected chi connectivity index (χ3v) is 6.29. The van der Waals surface area contributed by atoms with Crippen molar-refractivity contribution in [2.45, 2.75) is 39.0 Å². The van der Waals surface area contributed by atoms with Crippen LogP contribution in [0.2, 0.25) is 0 Å². The summed E-state index contributed by atoms with van der Waals surface area (Å²) in [5, 5.41) is 3.53. The van der Waals surface area contributed by atoms with Crippen molar-refractivity contribution in [2.24, 2.45) is 4.99 Å². The molecule has 2 fully saturated rings. The van der Waals surface area contributed by atoms with E-state index >= 15 is 0 Å². The molecule has 1 N–H and O–H groups in total. The zero-order chi connectivity index (χ0) is 22.2. The van der Waals surface area contributed by atoms with E-state index in [1.54, 1.807) is 0 Å². The van der Waals surface area contributed by atoms with Crippen LogP contribution in [0.15, 0.2) is 53.5 Å². The number of ether oxygens (including phenoxy) is 2. The Morgan fingerprint density at radius 2 is 1.73 bits per heavy atom. The maximum atomic E-state index is 6.03. The smallest absolute Gasteiger partial charge is 0.194 e. The monoisotopic (exact) mass is 564 g/mol. The van der Waals surface area contributed by atoms with Gasteiger partial charge in [0.15, 0.2) is 5.96 Å². The predicted molar refractivity (Wildman–Crippen MR) is 146 cm³/mol. The van der Waals surface area contributed by atoms with Crippen LogP contribution < -0.4 is 10.2 Å². The molecule has 2 aromatic carbocycles. The number of anilines is 1. The molecule has 0 atom stereocenters. The molecule has 33 heavy (non-hydrogen) atoms. The fourth-order valence-electron chi connectivity index (χ4n) is 4.32. The molecule has 0 aromatic heterocycles. The Morgan fingerprint density at radius 3 is 2.39 bits per heavy atom. The zero-order valence-corrected chi connectivity index (χ0v) is 22.2. The molecule has 0 aliphatic carbocycles. The predicted octanol–water partition coefficient (Wildman–Crippen LogP) is 4.21. The molecule has 2 aliphatic heterocycles. The van der Waals surface area contributed by atoms with E-state index in [-0.39, 0.29) is 24.0 Å². The fourth-order valence-corrected chi connectivity index (χ4v) is 4.32. The lowest BCUT2D eigenvalue weighted by molar-refractivity contribution is -0.0390. The first-order valence-corrected chi connectivity index (χ1v) is 11.8. The van der Waals surface area contributed by atoms with E-state index in [0.717, 1.165) is 64.7 Å². The minimum atomic E-state index is 0. The second-order valence-electron chi connectivity index (χ2n) is 8.65. The third kappa shape index (κ3) is 7.58. The molecule has 0 bridgehead atoms. The van der Waals surface area contributed by atoms with Gasteiger partial charge in [0.2, 0.25) is 0 Å². The Labute approximate surface area is 215 Å². The third-order valence-electron chi connectivity index (χ3n) is 6.29. The van der Waals surface area contributed by atoms with Gasteiger partial charge in [0.1, 0.15) is 0 Å². The van der Waals surface area contributed by atoms with E-state index in [0.29, 0.717) is 12.7 Å². The highest BCUT2D eigenvalue weighted by Gasteiger charge is 2.20. The van der Waals surface area contributed by atoms with Crippen LogP contribution in [0.25, 0.3) is 0 Å². The van der Waals surface area contributed by atoms with Crippen LogP contribution in [-0.2, 0) is 22.6 Å². The quantitative estimate of drug-likeness (QED) is 0.324. The second kappa shape index (κ2) is 13.2. The lowest BCUT2D eigenvalue weighted by atomic mass is 10.1. The largest absolute Gasteiger partial charge is 0.381 e. The summed E-state index contributed by atoms with van der Waals surface area (Å²) in [5.74, 6) is 0.973. The number of nitrogens with zero attached hydrogens (tertiary/aromatic N) is 3. The first-order valence-electron chi connectivity index (χ1n) is 11.8. The Morgan fingerprint density at radius 1 is 1.03 bits per heavy atom. The minimum Gasteiger partial charge on any atom is -0.381 e. The number of aliphatic imine (C=N–C) groups is 1. The summed E-state index contributed by atoms with van der Waals surface area (Å²) >= 11 is 0. The number of nitrogens with one attached hydrogen (secondary N) is 1. The van der Waals surface area contributed by atoms with E-state index in [1.165, 1.54) is 22.4 Å². The van der Waals surface area contributed by atoms with Crippen LogP contribution in [0.4, 0.5) is 5.69 Å². The van der Waals surface area contributed by atoms with Gasteiger partial charge in [-0.15, -0.1) is 24.0 Å². The Kier molecular flexibility index (Phi) is 10.3. The molecule has 2 aliphatic rings. The molecule has 0 spiro atoms. The molecule has 2 aromatic rings. The van der Waals surface area contributed by atoms with E-state index in [9.17, 15) is 0 Å². The van der Waals surface area contributed by atoms with Gasteiger partial charge in [0.05, 0.1) is 12.7 Å². The van der Waals surface area contributed by atoms with Gasteiger partial charge in [-0.1, -0.05) is 36.4 Å². The fraction of sp³-hybridized carbons (Fsp3) is 0.500. The number of aryl methyl sites for hydroxylation is 1. The van der Waals surface area contributed by atoms with Crippen molar-refractivity contribution in [3.63, 3.8) is 0 Å². The number of halogens is 1.